The number of rotatable bonds is 30. The topological polar surface area (TPSA) is 152 Å². The van der Waals surface area contributed by atoms with Gasteiger partial charge in [0.15, 0.2) is 12.4 Å². The number of esters is 2. The predicted molar refractivity (Wildman–Crippen MR) is 201 cm³/mol. The summed E-state index contributed by atoms with van der Waals surface area (Å²) >= 11 is 0. The van der Waals surface area contributed by atoms with Crippen LogP contribution < -0.4 is 0 Å². The lowest BCUT2D eigenvalue weighted by Gasteiger charge is -2.39. The first-order valence-electron chi connectivity index (χ1n) is 19.4. The van der Waals surface area contributed by atoms with Crippen molar-refractivity contribution in [1.29, 1.82) is 0 Å². The zero-order chi connectivity index (χ0) is 37.4. The van der Waals surface area contributed by atoms with E-state index in [1.807, 2.05) is 0 Å². The van der Waals surface area contributed by atoms with Crippen LogP contribution in [-0.2, 0) is 28.5 Å². The molecule has 292 valence electrons. The Labute approximate surface area is 307 Å². The lowest BCUT2D eigenvalue weighted by Crippen LogP contribution is -2.59. The molecule has 0 aliphatic carbocycles. The first kappa shape index (κ1) is 46.4. The molecule has 1 aliphatic rings. The van der Waals surface area contributed by atoms with Gasteiger partial charge in [0.1, 0.15) is 31.0 Å². The molecule has 6 atom stereocenters. The Kier molecular flexibility index (Phi) is 29.2. The Morgan fingerprint density at radius 3 is 1.71 bits per heavy atom. The standard InChI is InChI=1S/C41H68O10/c1-3-5-7-9-11-13-15-17-19-21-23-25-27-29-36(43)48-32-34(33-49-41-40(47)39(46)38(45)35(31-42)51-41)50-37(44)30-28-26-24-22-20-18-16-14-12-10-8-6-4-2/h5,7,11-14,17-20,34-35,38-42,45-47H,3-4,6,8-10,15-16,21-33H2,1-2H3/b7-5-,13-11-,14-12-,19-17-,20-18-/t34-,35-,38+,39+,40-,41-/m1/s1. The van der Waals surface area contributed by atoms with E-state index in [0.29, 0.717) is 12.8 Å². The van der Waals surface area contributed by atoms with Gasteiger partial charge in [-0.25, -0.2) is 0 Å². The van der Waals surface area contributed by atoms with E-state index >= 15 is 0 Å². The number of ether oxygens (including phenoxy) is 4. The highest BCUT2D eigenvalue weighted by atomic mass is 16.7. The van der Waals surface area contributed by atoms with Crippen LogP contribution in [-0.4, -0.2) is 89.0 Å². The molecule has 1 aliphatic heterocycles. The molecule has 0 radical (unpaired) electrons. The van der Waals surface area contributed by atoms with Gasteiger partial charge in [0.2, 0.25) is 0 Å². The minimum absolute atomic E-state index is 0.190. The van der Waals surface area contributed by atoms with Crippen LogP contribution in [0, 0.1) is 0 Å². The van der Waals surface area contributed by atoms with Gasteiger partial charge >= 0.3 is 11.9 Å². The molecule has 0 spiro atoms. The second-order valence-corrected chi connectivity index (χ2v) is 13.0. The minimum Gasteiger partial charge on any atom is -0.462 e. The Morgan fingerprint density at radius 2 is 1.16 bits per heavy atom. The molecule has 0 unspecified atom stereocenters. The Hall–Kier alpha value is -2.60. The zero-order valence-electron chi connectivity index (χ0n) is 31.3. The highest BCUT2D eigenvalue weighted by Gasteiger charge is 2.44. The van der Waals surface area contributed by atoms with Crippen LogP contribution >= 0.6 is 0 Å². The number of hydrogen-bond donors (Lipinski definition) is 4. The van der Waals surface area contributed by atoms with Crippen molar-refractivity contribution in [2.45, 2.75) is 166 Å². The summed E-state index contributed by atoms with van der Waals surface area (Å²) in [6, 6.07) is 0. The van der Waals surface area contributed by atoms with Gasteiger partial charge in [-0.15, -0.1) is 0 Å². The average molecular weight is 721 g/mol. The largest absolute Gasteiger partial charge is 0.462 e. The molecule has 1 heterocycles. The van der Waals surface area contributed by atoms with Crippen LogP contribution in [0.5, 0.6) is 0 Å². The van der Waals surface area contributed by atoms with Gasteiger partial charge in [-0.1, -0.05) is 100 Å². The van der Waals surface area contributed by atoms with E-state index in [4.69, 9.17) is 18.9 Å². The lowest BCUT2D eigenvalue weighted by molar-refractivity contribution is -0.305. The van der Waals surface area contributed by atoms with Gasteiger partial charge in [-0.05, 0) is 77.0 Å². The van der Waals surface area contributed by atoms with E-state index < -0.39 is 55.4 Å². The summed E-state index contributed by atoms with van der Waals surface area (Å²) in [7, 11) is 0. The zero-order valence-corrected chi connectivity index (χ0v) is 31.3. The molecule has 10 heteroatoms. The summed E-state index contributed by atoms with van der Waals surface area (Å²) in [4.78, 5) is 25.1. The summed E-state index contributed by atoms with van der Waals surface area (Å²) in [6.45, 7) is 3.18. The van der Waals surface area contributed by atoms with E-state index in [-0.39, 0.29) is 26.1 Å². The smallest absolute Gasteiger partial charge is 0.306 e. The van der Waals surface area contributed by atoms with E-state index in [2.05, 4.69) is 74.6 Å². The number of hydrogen-bond acceptors (Lipinski definition) is 10. The van der Waals surface area contributed by atoms with E-state index in [1.165, 1.54) is 19.3 Å². The molecular weight excluding hydrogens is 652 g/mol. The SMILES string of the molecule is CC/C=C\C/C=C\C/C=C\CCCCCC(=O)OC[C@H](CO[C@@H]1O[C@H](CO)[C@H](O)[C@H](O)[C@H]1O)OC(=O)CCCCC/C=C\C/C=C\CCCCC. The highest BCUT2D eigenvalue weighted by molar-refractivity contribution is 5.70. The number of carbonyl (C=O) groups excluding carboxylic acids is 2. The van der Waals surface area contributed by atoms with Gasteiger partial charge in [0.25, 0.3) is 0 Å². The van der Waals surface area contributed by atoms with Crippen molar-refractivity contribution in [2.75, 3.05) is 19.8 Å². The fourth-order valence-electron chi connectivity index (χ4n) is 5.29. The lowest BCUT2D eigenvalue weighted by atomic mass is 9.99. The molecule has 1 fully saturated rings. The van der Waals surface area contributed by atoms with Crippen molar-refractivity contribution in [3.63, 3.8) is 0 Å². The molecule has 0 bridgehead atoms. The van der Waals surface area contributed by atoms with Crippen molar-refractivity contribution < 1.29 is 49.0 Å². The molecule has 1 rings (SSSR count). The van der Waals surface area contributed by atoms with Crippen LogP contribution in [0.3, 0.4) is 0 Å². The van der Waals surface area contributed by atoms with Crippen molar-refractivity contribution in [3.05, 3.63) is 60.8 Å². The van der Waals surface area contributed by atoms with Crippen molar-refractivity contribution in [2.24, 2.45) is 0 Å². The summed E-state index contributed by atoms with van der Waals surface area (Å²) in [5.74, 6) is -0.879. The third kappa shape index (κ3) is 24.3. The second-order valence-electron chi connectivity index (χ2n) is 13.0. The first-order chi connectivity index (χ1) is 24.8. The molecule has 4 N–H and O–H groups in total. The molecule has 0 amide bonds. The van der Waals surface area contributed by atoms with E-state index in [1.54, 1.807) is 0 Å². The quantitative estimate of drug-likeness (QED) is 0.0344. The van der Waals surface area contributed by atoms with Gasteiger partial charge in [-0.2, -0.15) is 0 Å². The van der Waals surface area contributed by atoms with Gasteiger partial charge in [0.05, 0.1) is 13.2 Å². The second kappa shape index (κ2) is 32.1. The summed E-state index contributed by atoms with van der Waals surface area (Å²) < 4.78 is 22.0. The monoisotopic (exact) mass is 720 g/mol. The molecule has 0 aromatic heterocycles. The molecule has 0 saturated carbocycles. The fraction of sp³-hybridized carbons (Fsp3) is 0.707. The average Bonchev–Trinajstić information content (AvgIpc) is 3.13. The molecule has 51 heavy (non-hydrogen) atoms. The van der Waals surface area contributed by atoms with Crippen LogP contribution in [0.1, 0.15) is 129 Å². The molecular formula is C41H68O10. The normalized spacial score (nSPS) is 21.9. The minimum atomic E-state index is -1.60. The van der Waals surface area contributed by atoms with Crippen molar-refractivity contribution >= 4 is 11.9 Å². The van der Waals surface area contributed by atoms with Gasteiger partial charge < -0.3 is 39.4 Å². The molecule has 10 nitrogen and oxygen atoms in total. The number of aliphatic hydroxyl groups is 4. The van der Waals surface area contributed by atoms with Gasteiger partial charge in [-0.3, -0.25) is 9.59 Å². The van der Waals surface area contributed by atoms with E-state index in [9.17, 15) is 30.0 Å². The third-order valence-electron chi connectivity index (χ3n) is 8.39. The van der Waals surface area contributed by atoms with Crippen molar-refractivity contribution in [3.8, 4) is 0 Å². The number of carbonyl (C=O) groups is 2. The fourth-order valence-corrected chi connectivity index (χ4v) is 5.29. The van der Waals surface area contributed by atoms with Crippen LogP contribution in [0.15, 0.2) is 60.8 Å². The summed E-state index contributed by atoms with van der Waals surface area (Å²) in [5.41, 5.74) is 0. The Morgan fingerprint density at radius 1 is 0.627 bits per heavy atom. The molecule has 0 aromatic rings. The number of allylic oxidation sites excluding steroid dienone is 10. The van der Waals surface area contributed by atoms with Gasteiger partial charge in [0, 0.05) is 12.8 Å². The maximum absolute atomic E-state index is 12.7. The Bertz CT molecular complexity index is 1020. The number of aliphatic hydroxyl groups excluding tert-OH is 4. The summed E-state index contributed by atoms with van der Waals surface area (Å²) in [6.07, 6.45) is 29.5. The third-order valence-corrected chi connectivity index (χ3v) is 8.39. The Balaban J connectivity index is 2.45. The van der Waals surface area contributed by atoms with E-state index in [0.717, 1.165) is 70.6 Å². The maximum Gasteiger partial charge on any atom is 0.306 e. The first-order valence-corrected chi connectivity index (χ1v) is 19.4. The van der Waals surface area contributed by atoms with Crippen LogP contribution in [0.25, 0.3) is 0 Å². The van der Waals surface area contributed by atoms with Crippen LogP contribution in [0.2, 0.25) is 0 Å². The molecule has 0 aromatic carbocycles. The van der Waals surface area contributed by atoms with Crippen LogP contribution in [0.4, 0.5) is 0 Å². The highest BCUT2D eigenvalue weighted by Crippen LogP contribution is 2.22. The predicted octanol–water partition coefficient (Wildman–Crippen LogP) is 7.10. The number of unbranched alkanes of at least 4 members (excludes halogenated alkanes) is 9. The maximum atomic E-state index is 12.7. The van der Waals surface area contributed by atoms with Crippen molar-refractivity contribution in [1.82, 2.24) is 0 Å². The summed E-state index contributed by atoms with van der Waals surface area (Å²) in [5, 5.41) is 39.9. The molecule has 1 saturated heterocycles.